The molecule has 1 aliphatic heterocycles. The third kappa shape index (κ3) is 4.35. The number of pyridine rings is 1. The van der Waals surface area contributed by atoms with Crippen molar-refractivity contribution in [2.24, 2.45) is 5.41 Å². The lowest BCUT2D eigenvalue weighted by molar-refractivity contribution is -0.142. The Bertz CT molecular complexity index is 1050. The molecule has 2 amide bonds. The highest BCUT2D eigenvalue weighted by Gasteiger charge is 2.45. The second-order valence-electron chi connectivity index (χ2n) is 8.27. The number of benzene rings is 1. The van der Waals surface area contributed by atoms with E-state index in [0.717, 1.165) is 17.7 Å². The molecule has 1 atom stereocenters. The van der Waals surface area contributed by atoms with Crippen LogP contribution in [-0.2, 0) is 11.2 Å². The largest absolute Gasteiger partial charge is 0.361 e. The summed E-state index contributed by atoms with van der Waals surface area (Å²) < 4.78 is 5.62. The second-order valence-corrected chi connectivity index (χ2v) is 8.27. The van der Waals surface area contributed by atoms with Gasteiger partial charge in [-0.05, 0) is 25.0 Å². The van der Waals surface area contributed by atoms with E-state index < -0.39 is 5.41 Å². The Morgan fingerprint density at radius 2 is 1.87 bits per heavy atom. The predicted molar refractivity (Wildman–Crippen MR) is 116 cm³/mol. The Kier molecular flexibility index (Phi) is 5.84. The standard InChI is InChI=1S/C24H26N4O3/c1-27(2)23(30)24(16-20-15-21(26-31-20)18-7-4-3-5-8-18)11-6-14-28(17-24)22(29)19-9-12-25-13-10-19/h3-5,7-10,12-13,15H,6,11,14,16-17H2,1-2H3. The quantitative estimate of drug-likeness (QED) is 0.635. The van der Waals surface area contributed by atoms with E-state index in [-0.39, 0.29) is 11.8 Å². The van der Waals surface area contributed by atoms with E-state index in [9.17, 15) is 9.59 Å². The number of carbonyl (C=O) groups excluding carboxylic acids is 2. The zero-order valence-electron chi connectivity index (χ0n) is 17.8. The van der Waals surface area contributed by atoms with E-state index in [0.29, 0.717) is 37.3 Å². The SMILES string of the molecule is CN(C)C(=O)C1(Cc2cc(-c3ccccc3)no2)CCCN(C(=O)c2ccncc2)C1. The lowest BCUT2D eigenvalue weighted by Gasteiger charge is -2.42. The third-order valence-electron chi connectivity index (χ3n) is 5.79. The van der Waals surface area contributed by atoms with Crippen molar-refractivity contribution in [1.82, 2.24) is 19.9 Å². The summed E-state index contributed by atoms with van der Waals surface area (Å²) in [5, 5.41) is 4.20. The first-order chi connectivity index (χ1) is 15.0. The zero-order valence-corrected chi connectivity index (χ0v) is 17.8. The van der Waals surface area contributed by atoms with Crippen LogP contribution in [0.3, 0.4) is 0 Å². The highest BCUT2D eigenvalue weighted by Crippen LogP contribution is 2.37. The number of amides is 2. The first kappa shape index (κ1) is 20.8. The summed E-state index contributed by atoms with van der Waals surface area (Å²) in [4.78, 5) is 33.7. The number of aromatic nitrogens is 2. The molecule has 7 heteroatoms. The average molecular weight is 418 g/mol. The van der Waals surface area contributed by atoms with Crippen molar-refractivity contribution in [3.05, 3.63) is 72.2 Å². The van der Waals surface area contributed by atoms with Crippen LogP contribution in [0.1, 0.15) is 29.0 Å². The van der Waals surface area contributed by atoms with E-state index in [1.807, 2.05) is 36.4 Å². The molecule has 0 bridgehead atoms. The zero-order chi connectivity index (χ0) is 21.8. The summed E-state index contributed by atoms with van der Waals surface area (Å²) in [5.74, 6) is 0.560. The molecule has 2 aromatic heterocycles. The van der Waals surface area contributed by atoms with Crippen LogP contribution in [0.2, 0.25) is 0 Å². The molecule has 31 heavy (non-hydrogen) atoms. The van der Waals surface area contributed by atoms with Gasteiger partial charge in [0.1, 0.15) is 11.5 Å². The molecule has 0 N–H and O–H groups in total. The number of hydrogen-bond donors (Lipinski definition) is 0. The number of hydrogen-bond acceptors (Lipinski definition) is 5. The van der Waals surface area contributed by atoms with Crippen molar-refractivity contribution in [2.45, 2.75) is 19.3 Å². The molecule has 7 nitrogen and oxygen atoms in total. The molecule has 4 rings (SSSR count). The Hall–Kier alpha value is -3.48. The molecule has 0 aliphatic carbocycles. The van der Waals surface area contributed by atoms with Crippen LogP contribution in [0.5, 0.6) is 0 Å². The van der Waals surface area contributed by atoms with Crippen molar-refractivity contribution in [3.8, 4) is 11.3 Å². The van der Waals surface area contributed by atoms with Crippen LogP contribution in [0.15, 0.2) is 65.4 Å². The van der Waals surface area contributed by atoms with Gasteiger partial charge in [0.2, 0.25) is 5.91 Å². The van der Waals surface area contributed by atoms with Gasteiger partial charge < -0.3 is 14.3 Å². The van der Waals surface area contributed by atoms with E-state index in [1.165, 1.54) is 0 Å². The maximum atomic E-state index is 13.3. The second kappa shape index (κ2) is 8.71. The Balaban J connectivity index is 1.61. The van der Waals surface area contributed by atoms with E-state index in [4.69, 9.17) is 4.52 Å². The summed E-state index contributed by atoms with van der Waals surface area (Å²) in [6.45, 7) is 0.960. The maximum absolute atomic E-state index is 13.3. The summed E-state index contributed by atoms with van der Waals surface area (Å²) in [7, 11) is 3.51. The molecule has 3 heterocycles. The fraction of sp³-hybridized carbons (Fsp3) is 0.333. The topological polar surface area (TPSA) is 79.5 Å². The minimum Gasteiger partial charge on any atom is -0.361 e. The molecule has 1 aromatic carbocycles. The van der Waals surface area contributed by atoms with E-state index >= 15 is 0 Å². The lowest BCUT2D eigenvalue weighted by atomic mass is 9.75. The van der Waals surface area contributed by atoms with Crippen LogP contribution in [0, 0.1) is 5.41 Å². The average Bonchev–Trinajstić information content (AvgIpc) is 3.27. The van der Waals surface area contributed by atoms with Gasteiger partial charge in [-0.15, -0.1) is 0 Å². The first-order valence-corrected chi connectivity index (χ1v) is 10.4. The normalized spacial score (nSPS) is 18.6. The van der Waals surface area contributed by atoms with Gasteiger partial charge in [-0.1, -0.05) is 35.5 Å². The summed E-state index contributed by atoms with van der Waals surface area (Å²) in [6, 6.07) is 15.1. The molecule has 0 saturated carbocycles. The van der Waals surface area contributed by atoms with Gasteiger partial charge in [0.05, 0.1) is 5.41 Å². The van der Waals surface area contributed by atoms with Crippen LogP contribution >= 0.6 is 0 Å². The van der Waals surface area contributed by atoms with Crippen molar-refractivity contribution in [3.63, 3.8) is 0 Å². The lowest BCUT2D eigenvalue weighted by Crippen LogP contribution is -2.54. The van der Waals surface area contributed by atoms with Crippen LogP contribution < -0.4 is 0 Å². The summed E-state index contributed by atoms with van der Waals surface area (Å²) in [5.41, 5.74) is 1.53. The molecular weight excluding hydrogens is 392 g/mol. The molecule has 160 valence electrons. The van der Waals surface area contributed by atoms with Gasteiger partial charge >= 0.3 is 0 Å². The van der Waals surface area contributed by atoms with Gasteiger partial charge in [0.25, 0.3) is 5.91 Å². The van der Waals surface area contributed by atoms with Gasteiger partial charge in [-0.2, -0.15) is 0 Å². The van der Waals surface area contributed by atoms with Crippen LogP contribution in [0.4, 0.5) is 0 Å². The number of piperidine rings is 1. The smallest absolute Gasteiger partial charge is 0.253 e. The summed E-state index contributed by atoms with van der Waals surface area (Å²) >= 11 is 0. The van der Waals surface area contributed by atoms with Gasteiger partial charge in [-0.3, -0.25) is 14.6 Å². The first-order valence-electron chi connectivity index (χ1n) is 10.4. The predicted octanol–water partition coefficient (Wildman–Crippen LogP) is 3.29. The fourth-order valence-electron chi connectivity index (χ4n) is 4.33. The van der Waals surface area contributed by atoms with Crippen molar-refractivity contribution < 1.29 is 14.1 Å². The van der Waals surface area contributed by atoms with Gasteiger partial charge in [-0.25, -0.2) is 0 Å². The molecule has 1 fully saturated rings. The minimum atomic E-state index is -0.752. The Morgan fingerprint density at radius 3 is 2.58 bits per heavy atom. The summed E-state index contributed by atoms with van der Waals surface area (Å²) in [6.07, 6.45) is 5.04. The molecule has 3 aromatic rings. The van der Waals surface area contributed by atoms with E-state index in [1.54, 1.807) is 48.4 Å². The van der Waals surface area contributed by atoms with Crippen molar-refractivity contribution in [2.75, 3.05) is 27.2 Å². The number of likely N-dealkylation sites (tertiary alicyclic amines) is 1. The van der Waals surface area contributed by atoms with E-state index in [2.05, 4.69) is 10.1 Å². The minimum absolute atomic E-state index is 0.00242. The van der Waals surface area contributed by atoms with Crippen molar-refractivity contribution >= 4 is 11.8 Å². The third-order valence-corrected chi connectivity index (χ3v) is 5.79. The molecule has 1 unspecified atom stereocenters. The molecular formula is C24H26N4O3. The maximum Gasteiger partial charge on any atom is 0.253 e. The van der Waals surface area contributed by atoms with Gasteiger partial charge in [0.15, 0.2) is 0 Å². The van der Waals surface area contributed by atoms with Crippen molar-refractivity contribution in [1.29, 1.82) is 0 Å². The van der Waals surface area contributed by atoms with Crippen LogP contribution in [0.25, 0.3) is 11.3 Å². The Labute approximate surface area is 181 Å². The molecule has 0 radical (unpaired) electrons. The monoisotopic (exact) mass is 418 g/mol. The number of nitrogens with zero attached hydrogens (tertiary/aromatic N) is 4. The highest BCUT2D eigenvalue weighted by molar-refractivity contribution is 5.95. The number of carbonyl (C=O) groups is 2. The fourth-order valence-corrected chi connectivity index (χ4v) is 4.33. The Morgan fingerprint density at radius 1 is 1.13 bits per heavy atom. The molecule has 1 aliphatic rings. The molecule has 1 saturated heterocycles. The number of rotatable bonds is 5. The van der Waals surface area contributed by atoms with Gasteiger partial charge in [0, 0.05) is 63.2 Å². The van der Waals surface area contributed by atoms with Crippen LogP contribution in [-0.4, -0.2) is 58.9 Å². The molecule has 0 spiro atoms. The highest BCUT2D eigenvalue weighted by atomic mass is 16.5.